The Morgan fingerprint density at radius 2 is 2.16 bits per heavy atom. The van der Waals surface area contributed by atoms with Crippen LogP contribution in [0.25, 0.3) is 0 Å². The summed E-state index contributed by atoms with van der Waals surface area (Å²) >= 11 is 0. The van der Waals surface area contributed by atoms with Crippen LogP contribution >= 0.6 is 0 Å². The summed E-state index contributed by atoms with van der Waals surface area (Å²) in [6, 6.07) is 5.77. The third-order valence-electron chi connectivity index (χ3n) is 2.10. The minimum absolute atomic E-state index is 0.0735. The Hall–Kier alpha value is -2.42. The van der Waals surface area contributed by atoms with E-state index in [2.05, 4.69) is 10.7 Å². The first-order valence-corrected chi connectivity index (χ1v) is 5.35. The highest BCUT2D eigenvalue weighted by atomic mass is 19.3. The average Bonchev–Trinajstić information content (AvgIpc) is 2.39. The van der Waals surface area contributed by atoms with Crippen LogP contribution in [0.4, 0.5) is 14.5 Å². The first-order valence-electron chi connectivity index (χ1n) is 5.35. The number of alkyl halides is 2. The lowest BCUT2D eigenvalue weighted by atomic mass is 10.2. The van der Waals surface area contributed by atoms with Gasteiger partial charge in [0.1, 0.15) is 0 Å². The molecule has 19 heavy (non-hydrogen) atoms. The monoisotopic (exact) mass is 267 g/mol. The number of anilines is 1. The minimum Gasteiger partial charge on any atom is -0.461 e. The molecule has 1 aromatic carbocycles. The van der Waals surface area contributed by atoms with Gasteiger partial charge in [-0.15, -0.1) is 6.42 Å². The van der Waals surface area contributed by atoms with Gasteiger partial charge in [-0.1, -0.05) is 12.0 Å². The Kier molecular flexibility index (Phi) is 4.59. The summed E-state index contributed by atoms with van der Waals surface area (Å²) in [6.45, 7) is 1.12. The predicted molar refractivity (Wildman–Crippen MR) is 64.6 cm³/mol. The van der Waals surface area contributed by atoms with Crippen LogP contribution in [0.3, 0.4) is 0 Å². The smallest absolute Gasteiger partial charge is 0.419 e. The molecule has 0 aliphatic heterocycles. The maximum absolute atomic E-state index is 13.3. The van der Waals surface area contributed by atoms with Gasteiger partial charge in [0.2, 0.25) is 0 Å². The summed E-state index contributed by atoms with van der Waals surface area (Å²) < 4.78 is 30.8. The number of nitrogens with one attached hydrogen (secondary N) is 1. The molecular weight excluding hydrogens is 256 g/mol. The highest BCUT2D eigenvalue weighted by molar-refractivity contribution is 6.10. The van der Waals surface area contributed by atoms with Crippen LogP contribution in [0.2, 0.25) is 0 Å². The third kappa shape index (κ3) is 3.52. The molecule has 1 rings (SSSR count). The van der Waals surface area contributed by atoms with Crippen molar-refractivity contribution >= 4 is 17.6 Å². The molecule has 0 spiro atoms. The van der Waals surface area contributed by atoms with Crippen molar-refractivity contribution in [2.24, 2.45) is 0 Å². The zero-order valence-corrected chi connectivity index (χ0v) is 10.1. The van der Waals surface area contributed by atoms with Crippen molar-refractivity contribution in [2.45, 2.75) is 12.8 Å². The van der Waals surface area contributed by atoms with E-state index in [-0.39, 0.29) is 12.3 Å². The zero-order valence-electron chi connectivity index (χ0n) is 10.1. The Bertz CT molecular complexity index is 535. The van der Waals surface area contributed by atoms with E-state index in [1.54, 1.807) is 6.07 Å². The van der Waals surface area contributed by atoms with E-state index >= 15 is 0 Å². The van der Waals surface area contributed by atoms with Crippen molar-refractivity contribution in [1.82, 2.24) is 0 Å². The van der Waals surface area contributed by atoms with E-state index in [4.69, 9.17) is 6.42 Å². The molecule has 0 radical (unpaired) electrons. The summed E-state index contributed by atoms with van der Waals surface area (Å²) in [5.74, 6) is -5.61. The maximum atomic E-state index is 13.3. The standard InChI is InChI=1S/C13H11F2NO3/c1-3-9-6-5-7-10(8-9)16-11(17)13(14,15)12(18)19-4-2/h1,5-8H,4H2,2H3,(H,16,17). The average molecular weight is 267 g/mol. The molecular formula is C13H11F2NO3. The molecule has 6 heteroatoms. The van der Waals surface area contributed by atoms with Crippen LogP contribution < -0.4 is 5.32 Å². The number of esters is 1. The second-order valence-electron chi connectivity index (χ2n) is 3.47. The van der Waals surface area contributed by atoms with Gasteiger partial charge in [0.05, 0.1) is 6.61 Å². The number of halogens is 2. The van der Waals surface area contributed by atoms with E-state index < -0.39 is 17.8 Å². The van der Waals surface area contributed by atoms with Gasteiger partial charge < -0.3 is 10.1 Å². The van der Waals surface area contributed by atoms with E-state index in [0.717, 1.165) is 0 Å². The highest BCUT2D eigenvalue weighted by Gasteiger charge is 2.49. The van der Waals surface area contributed by atoms with Gasteiger partial charge in [-0.25, -0.2) is 4.79 Å². The fraction of sp³-hybridized carbons (Fsp3) is 0.231. The molecule has 0 heterocycles. The van der Waals surface area contributed by atoms with E-state index in [1.807, 2.05) is 5.32 Å². The van der Waals surface area contributed by atoms with Crippen molar-refractivity contribution in [3.05, 3.63) is 29.8 Å². The quantitative estimate of drug-likeness (QED) is 0.514. The van der Waals surface area contributed by atoms with E-state index in [9.17, 15) is 18.4 Å². The van der Waals surface area contributed by atoms with Crippen molar-refractivity contribution in [3.63, 3.8) is 0 Å². The van der Waals surface area contributed by atoms with Crippen molar-refractivity contribution in [3.8, 4) is 12.3 Å². The lowest BCUT2D eigenvalue weighted by molar-refractivity contribution is -0.175. The summed E-state index contributed by atoms with van der Waals surface area (Å²) in [5.41, 5.74) is 0.488. The third-order valence-corrected chi connectivity index (χ3v) is 2.10. The normalized spacial score (nSPS) is 10.4. The Labute approximate surface area is 108 Å². The predicted octanol–water partition coefficient (Wildman–Crippen LogP) is 1.80. The molecule has 0 atom stereocenters. The molecule has 4 nitrogen and oxygen atoms in total. The van der Waals surface area contributed by atoms with Crippen molar-refractivity contribution in [1.29, 1.82) is 0 Å². The van der Waals surface area contributed by atoms with Crippen LogP contribution in [0.15, 0.2) is 24.3 Å². The number of hydrogen-bond acceptors (Lipinski definition) is 3. The van der Waals surface area contributed by atoms with E-state index in [0.29, 0.717) is 5.56 Å². The molecule has 0 aromatic heterocycles. The minimum atomic E-state index is -4.25. The molecule has 0 unspecified atom stereocenters. The summed E-state index contributed by atoms with van der Waals surface area (Å²) in [7, 11) is 0. The summed E-state index contributed by atoms with van der Waals surface area (Å²) in [5, 5.41) is 1.91. The number of hydrogen-bond donors (Lipinski definition) is 1. The van der Waals surface area contributed by atoms with Gasteiger partial charge >= 0.3 is 17.8 Å². The van der Waals surface area contributed by atoms with Gasteiger partial charge in [-0.05, 0) is 25.1 Å². The summed E-state index contributed by atoms with van der Waals surface area (Å²) in [6.07, 6.45) is 5.14. The number of carbonyl (C=O) groups is 2. The lowest BCUT2D eigenvalue weighted by Gasteiger charge is -2.14. The molecule has 0 bridgehead atoms. The summed E-state index contributed by atoms with van der Waals surface area (Å²) in [4.78, 5) is 22.3. The molecule has 0 saturated heterocycles. The van der Waals surface area contributed by atoms with Gasteiger partial charge in [-0.2, -0.15) is 8.78 Å². The molecule has 1 amide bonds. The van der Waals surface area contributed by atoms with Crippen molar-refractivity contribution in [2.75, 3.05) is 11.9 Å². The molecule has 0 aliphatic carbocycles. The van der Waals surface area contributed by atoms with Crippen molar-refractivity contribution < 1.29 is 23.1 Å². The van der Waals surface area contributed by atoms with Crippen LogP contribution in [-0.4, -0.2) is 24.4 Å². The molecule has 1 N–H and O–H groups in total. The number of ether oxygens (including phenoxy) is 1. The van der Waals surface area contributed by atoms with Crippen LogP contribution in [0, 0.1) is 12.3 Å². The van der Waals surface area contributed by atoms with Gasteiger partial charge in [0.15, 0.2) is 0 Å². The molecule has 1 aromatic rings. The first kappa shape index (κ1) is 14.6. The molecule has 100 valence electrons. The van der Waals surface area contributed by atoms with Gasteiger partial charge in [0, 0.05) is 11.3 Å². The second kappa shape index (κ2) is 5.96. The Balaban J connectivity index is 2.84. The van der Waals surface area contributed by atoms with Gasteiger partial charge in [-0.3, -0.25) is 4.79 Å². The lowest BCUT2D eigenvalue weighted by Crippen LogP contribution is -2.43. The zero-order chi connectivity index (χ0) is 14.5. The topological polar surface area (TPSA) is 55.4 Å². The van der Waals surface area contributed by atoms with Crippen LogP contribution in [0.1, 0.15) is 12.5 Å². The first-order chi connectivity index (χ1) is 8.91. The molecule has 0 saturated carbocycles. The van der Waals surface area contributed by atoms with Crippen LogP contribution in [-0.2, 0) is 14.3 Å². The van der Waals surface area contributed by atoms with Gasteiger partial charge in [0.25, 0.3) is 0 Å². The Morgan fingerprint density at radius 3 is 2.74 bits per heavy atom. The second-order valence-corrected chi connectivity index (χ2v) is 3.47. The van der Waals surface area contributed by atoms with E-state index in [1.165, 1.54) is 25.1 Å². The maximum Gasteiger partial charge on any atom is 0.419 e. The number of benzene rings is 1. The SMILES string of the molecule is C#Cc1cccc(NC(=O)C(F)(F)C(=O)OCC)c1. The highest BCUT2D eigenvalue weighted by Crippen LogP contribution is 2.19. The molecule has 0 fully saturated rings. The molecule has 0 aliphatic rings. The number of carbonyl (C=O) groups excluding carboxylic acids is 2. The largest absolute Gasteiger partial charge is 0.461 e. The van der Waals surface area contributed by atoms with Crippen LogP contribution in [0.5, 0.6) is 0 Å². The number of amides is 1. The Morgan fingerprint density at radius 1 is 1.47 bits per heavy atom. The fourth-order valence-corrected chi connectivity index (χ4v) is 1.21. The number of terminal acetylenes is 1. The fourth-order valence-electron chi connectivity index (χ4n) is 1.21. The number of rotatable bonds is 4.